The van der Waals surface area contributed by atoms with Gasteiger partial charge in [0.15, 0.2) is 0 Å². The fourth-order valence-electron chi connectivity index (χ4n) is 2.70. The number of thiazole rings is 1. The van der Waals surface area contributed by atoms with Crippen molar-refractivity contribution in [1.82, 2.24) is 4.98 Å². The molecule has 1 heterocycles. The maximum Gasteiger partial charge on any atom is 0.263 e. The molecule has 1 saturated carbocycles. The van der Waals surface area contributed by atoms with E-state index in [1.54, 1.807) is 41.7 Å². The molecule has 1 aliphatic rings. The number of anilines is 1. The minimum Gasteiger partial charge on any atom is -0.280 e. The molecule has 0 aliphatic heterocycles. The molecule has 5 nitrogen and oxygen atoms in total. The van der Waals surface area contributed by atoms with E-state index < -0.39 is 10.0 Å². The summed E-state index contributed by atoms with van der Waals surface area (Å²) in [7, 11) is -3.84. The summed E-state index contributed by atoms with van der Waals surface area (Å²) in [5, 5.41) is 10.0. The van der Waals surface area contributed by atoms with Gasteiger partial charge in [-0.2, -0.15) is 5.26 Å². The number of benzene rings is 2. The van der Waals surface area contributed by atoms with E-state index in [-0.39, 0.29) is 10.5 Å². The second-order valence-corrected chi connectivity index (χ2v) is 8.85. The van der Waals surface area contributed by atoms with E-state index in [1.807, 2.05) is 18.3 Å². The molecule has 0 bridgehead atoms. The van der Waals surface area contributed by atoms with E-state index in [4.69, 9.17) is 5.26 Å². The molecule has 0 saturated heterocycles. The summed E-state index contributed by atoms with van der Waals surface area (Å²) in [6.07, 6.45) is 4.36. The van der Waals surface area contributed by atoms with Gasteiger partial charge in [-0.05, 0) is 43.0 Å². The van der Waals surface area contributed by atoms with Gasteiger partial charge in [0.1, 0.15) is 16.0 Å². The largest absolute Gasteiger partial charge is 0.280 e. The van der Waals surface area contributed by atoms with Crippen molar-refractivity contribution in [3.8, 4) is 16.6 Å². The first-order valence-electron chi connectivity index (χ1n) is 8.15. The molecule has 1 aromatic heterocycles. The minimum absolute atomic E-state index is 0.0295. The van der Waals surface area contributed by atoms with Crippen molar-refractivity contribution in [2.24, 2.45) is 0 Å². The zero-order valence-electron chi connectivity index (χ0n) is 13.7. The number of hydrogen-bond acceptors (Lipinski definition) is 5. The Balaban J connectivity index is 1.63. The van der Waals surface area contributed by atoms with Gasteiger partial charge in [-0.15, -0.1) is 11.3 Å². The highest BCUT2D eigenvalue weighted by molar-refractivity contribution is 7.92. The number of aromatic nitrogens is 1. The Labute approximate surface area is 156 Å². The minimum atomic E-state index is -3.84. The Morgan fingerprint density at radius 3 is 2.73 bits per heavy atom. The fourth-order valence-corrected chi connectivity index (χ4v) is 4.99. The topological polar surface area (TPSA) is 82.8 Å². The maximum absolute atomic E-state index is 12.7. The second-order valence-electron chi connectivity index (χ2n) is 6.14. The van der Waals surface area contributed by atoms with Gasteiger partial charge >= 0.3 is 0 Å². The van der Waals surface area contributed by atoms with E-state index in [0.29, 0.717) is 11.6 Å². The third-order valence-corrected chi connectivity index (χ3v) is 6.81. The third-order valence-electron chi connectivity index (χ3n) is 4.16. The van der Waals surface area contributed by atoms with Crippen LogP contribution in [0.4, 0.5) is 5.69 Å². The van der Waals surface area contributed by atoms with E-state index in [0.717, 1.165) is 10.6 Å². The highest BCUT2D eigenvalue weighted by Crippen LogP contribution is 2.44. The standard InChI is InChI=1S/C19H15N3O2S2/c20-11-15-4-1-2-7-18(15)26(23,24)22-16-6-3-5-14(10-16)19-21-12-17(25-19)13-8-9-13/h1-7,10,12-13,22H,8-9H2. The molecule has 0 spiro atoms. The van der Waals surface area contributed by atoms with Gasteiger partial charge < -0.3 is 0 Å². The molecule has 4 rings (SSSR count). The van der Waals surface area contributed by atoms with Crippen molar-refractivity contribution < 1.29 is 8.42 Å². The quantitative estimate of drug-likeness (QED) is 0.712. The van der Waals surface area contributed by atoms with Crippen molar-refractivity contribution in [1.29, 1.82) is 5.26 Å². The van der Waals surface area contributed by atoms with Crippen LogP contribution in [0.3, 0.4) is 0 Å². The Morgan fingerprint density at radius 2 is 1.96 bits per heavy atom. The lowest BCUT2D eigenvalue weighted by atomic mass is 10.2. The zero-order chi connectivity index (χ0) is 18.1. The first-order chi connectivity index (χ1) is 12.6. The Morgan fingerprint density at radius 1 is 1.15 bits per heavy atom. The van der Waals surface area contributed by atoms with Crippen molar-refractivity contribution in [3.05, 3.63) is 65.2 Å². The molecular weight excluding hydrogens is 366 g/mol. The van der Waals surface area contributed by atoms with Crippen LogP contribution in [0.2, 0.25) is 0 Å². The Kier molecular flexibility index (Phi) is 4.23. The van der Waals surface area contributed by atoms with Crippen LogP contribution in [0.15, 0.2) is 59.6 Å². The predicted molar refractivity (Wildman–Crippen MR) is 101 cm³/mol. The molecular formula is C19H15N3O2S2. The van der Waals surface area contributed by atoms with Crippen molar-refractivity contribution in [2.45, 2.75) is 23.7 Å². The summed E-state index contributed by atoms with van der Waals surface area (Å²) in [6, 6.07) is 15.2. The predicted octanol–water partition coefficient (Wildman–Crippen LogP) is 4.36. The maximum atomic E-state index is 12.7. The lowest BCUT2D eigenvalue weighted by Gasteiger charge is -2.10. The lowest BCUT2D eigenvalue weighted by molar-refractivity contribution is 0.601. The molecule has 3 aromatic rings. The summed E-state index contributed by atoms with van der Waals surface area (Å²) in [6.45, 7) is 0. The third kappa shape index (κ3) is 3.34. The summed E-state index contributed by atoms with van der Waals surface area (Å²) >= 11 is 1.65. The van der Waals surface area contributed by atoms with Crippen LogP contribution >= 0.6 is 11.3 Å². The number of nitrogens with one attached hydrogen (secondary N) is 1. The van der Waals surface area contributed by atoms with E-state index in [2.05, 4.69) is 9.71 Å². The molecule has 1 fully saturated rings. The van der Waals surface area contributed by atoms with Crippen molar-refractivity contribution >= 4 is 27.0 Å². The lowest BCUT2D eigenvalue weighted by Crippen LogP contribution is -2.14. The monoisotopic (exact) mass is 381 g/mol. The molecule has 0 unspecified atom stereocenters. The average Bonchev–Trinajstić information content (AvgIpc) is 3.38. The molecule has 0 atom stereocenters. The van der Waals surface area contributed by atoms with E-state index in [1.165, 1.54) is 29.9 Å². The fraction of sp³-hybridized carbons (Fsp3) is 0.158. The van der Waals surface area contributed by atoms with Gasteiger partial charge in [0.05, 0.1) is 5.56 Å². The van der Waals surface area contributed by atoms with Crippen LogP contribution in [0.5, 0.6) is 0 Å². The Bertz CT molecular complexity index is 1110. The average molecular weight is 381 g/mol. The highest BCUT2D eigenvalue weighted by Gasteiger charge is 2.26. The van der Waals surface area contributed by atoms with Gasteiger partial charge in [0, 0.05) is 22.3 Å². The van der Waals surface area contributed by atoms with Gasteiger partial charge in [0.25, 0.3) is 10.0 Å². The normalized spacial score (nSPS) is 14.0. The second kappa shape index (κ2) is 6.56. The summed E-state index contributed by atoms with van der Waals surface area (Å²) < 4.78 is 27.9. The van der Waals surface area contributed by atoms with Crippen LogP contribution < -0.4 is 4.72 Å². The Hall–Kier alpha value is -2.69. The molecule has 0 amide bonds. The number of nitrogens with zero attached hydrogens (tertiary/aromatic N) is 2. The highest BCUT2D eigenvalue weighted by atomic mass is 32.2. The molecule has 7 heteroatoms. The van der Waals surface area contributed by atoms with E-state index >= 15 is 0 Å². The number of hydrogen-bond donors (Lipinski definition) is 1. The van der Waals surface area contributed by atoms with Crippen molar-refractivity contribution in [3.63, 3.8) is 0 Å². The first-order valence-corrected chi connectivity index (χ1v) is 10.4. The van der Waals surface area contributed by atoms with Gasteiger partial charge in [-0.25, -0.2) is 13.4 Å². The molecule has 1 aliphatic carbocycles. The molecule has 0 radical (unpaired) electrons. The molecule has 2 aromatic carbocycles. The number of nitriles is 1. The molecule has 1 N–H and O–H groups in total. The van der Waals surface area contributed by atoms with Crippen LogP contribution in [0.1, 0.15) is 29.2 Å². The SMILES string of the molecule is N#Cc1ccccc1S(=O)(=O)Nc1cccc(-c2ncc(C3CC3)s2)c1. The van der Waals surface area contributed by atoms with Crippen LogP contribution in [-0.4, -0.2) is 13.4 Å². The molecule has 26 heavy (non-hydrogen) atoms. The van der Waals surface area contributed by atoms with Crippen LogP contribution in [-0.2, 0) is 10.0 Å². The molecule has 130 valence electrons. The summed E-state index contributed by atoms with van der Waals surface area (Å²) in [4.78, 5) is 5.73. The van der Waals surface area contributed by atoms with Gasteiger partial charge in [-0.3, -0.25) is 4.72 Å². The summed E-state index contributed by atoms with van der Waals surface area (Å²) in [5.41, 5.74) is 1.43. The number of rotatable bonds is 5. The summed E-state index contributed by atoms with van der Waals surface area (Å²) in [5.74, 6) is 0.644. The number of sulfonamides is 1. The van der Waals surface area contributed by atoms with Crippen molar-refractivity contribution in [2.75, 3.05) is 4.72 Å². The van der Waals surface area contributed by atoms with E-state index in [9.17, 15) is 8.42 Å². The van der Waals surface area contributed by atoms with Gasteiger partial charge in [-0.1, -0.05) is 24.3 Å². The zero-order valence-corrected chi connectivity index (χ0v) is 15.3. The van der Waals surface area contributed by atoms with Gasteiger partial charge in [0.2, 0.25) is 0 Å². The first kappa shape index (κ1) is 16.8. The van der Waals surface area contributed by atoms with Crippen LogP contribution in [0.25, 0.3) is 10.6 Å². The smallest absolute Gasteiger partial charge is 0.263 e. The van der Waals surface area contributed by atoms with Crippen LogP contribution in [0, 0.1) is 11.3 Å².